The van der Waals surface area contributed by atoms with Gasteiger partial charge < -0.3 is 15.8 Å². The first kappa shape index (κ1) is 17.7. The molecule has 0 radical (unpaired) electrons. The van der Waals surface area contributed by atoms with Crippen LogP contribution in [0.3, 0.4) is 0 Å². The highest BCUT2D eigenvalue weighted by molar-refractivity contribution is 6.04. The second kappa shape index (κ2) is 7.48. The largest absolute Gasteiger partial charge is 0.484 e. The second-order valence-electron chi connectivity index (χ2n) is 6.48. The Labute approximate surface area is 161 Å². The summed E-state index contributed by atoms with van der Waals surface area (Å²) in [6.07, 6.45) is 7.49. The van der Waals surface area contributed by atoms with Crippen molar-refractivity contribution in [2.75, 3.05) is 5.32 Å². The van der Waals surface area contributed by atoms with Crippen LogP contribution >= 0.6 is 0 Å². The van der Waals surface area contributed by atoms with E-state index in [-0.39, 0.29) is 12.0 Å². The van der Waals surface area contributed by atoms with Crippen LogP contribution in [0.1, 0.15) is 44.4 Å². The molecule has 2 heterocycles. The van der Waals surface area contributed by atoms with Gasteiger partial charge in [0.05, 0.1) is 11.8 Å². The molecule has 28 heavy (non-hydrogen) atoms. The molecule has 0 spiro atoms. The number of carbonyl (C=O) groups is 2. The van der Waals surface area contributed by atoms with Crippen molar-refractivity contribution in [2.24, 2.45) is 5.73 Å². The van der Waals surface area contributed by atoms with Crippen LogP contribution in [-0.4, -0.2) is 21.8 Å². The molecule has 3 N–H and O–H groups in total. The Morgan fingerprint density at radius 3 is 2.68 bits per heavy atom. The van der Waals surface area contributed by atoms with E-state index in [1.54, 1.807) is 36.8 Å². The Bertz CT molecular complexity index is 1040. The van der Waals surface area contributed by atoms with Crippen LogP contribution in [0.2, 0.25) is 0 Å². The van der Waals surface area contributed by atoms with Crippen LogP contribution in [0, 0.1) is 0 Å². The fraction of sp³-hybridized carbons (Fsp3) is 0.143. The molecule has 0 unspecified atom stereocenters. The lowest BCUT2D eigenvalue weighted by molar-refractivity contribution is 0.0996. The third kappa shape index (κ3) is 3.55. The Balaban J connectivity index is 1.55. The molecule has 2 aromatic heterocycles. The molecule has 7 nitrogen and oxygen atoms in total. The normalized spacial score (nSPS) is 14.9. The predicted molar refractivity (Wildman–Crippen MR) is 103 cm³/mol. The molecular weight excluding hydrogens is 356 g/mol. The summed E-state index contributed by atoms with van der Waals surface area (Å²) < 4.78 is 6.05. The molecule has 0 saturated carbocycles. The maximum Gasteiger partial charge on any atom is 0.255 e. The number of nitrogens with zero attached hydrogens (tertiary/aromatic N) is 2. The number of anilines is 1. The second-order valence-corrected chi connectivity index (χ2v) is 6.48. The maximum atomic E-state index is 12.5. The molecule has 2 amide bonds. The number of benzene rings is 1. The van der Waals surface area contributed by atoms with Gasteiger partial charge in [0.2, 0.25) is 5.91 Å². The number of aromatic nitrogens is 2. The first-order chi connectivity index (χ1) is 13.6. The van der Waals surface area contributed by atoms with Crippen molar-refractivity contribution < 1.29 is 14.3 Å². The minimum absolute atomic E-state index is 0.182. The number of carbonyl (C=O) groups excluding carboxylic acids is 2. The van der Waals surface area contributed by atoms with Crippen LogP contribution in [0.4, 0.5) is 5.69 Å². The Morgan fingerprint density at radius 1 is 1.07 bits per heavy atom. The number of hydrogen-bond acceptors (Lipinski definition) is 5. The Hall–Kier alpha value is -3.74. The average Bonchev–Trinajstić information content (AvgIpc) is 3.13. The van der Waals surface area contributed by atoms with E-state index in [9.17, 15) is 9.59 Å². The van der Waals surface area contributed by atoms with E-state index in [2.05, 4.69) is 15.3 Å². The van der Waals surface area contributed by atoms with Gasteiger partial charge in [0.1, 0.15) is 11.9 Å². The van der Waals surface area contributed by atoms with Gasteiger partial charge in [-0.3, -0.25) is 19.6 Å². The number of fused-ring (bicyclic) bond motifs is 1. The average molecular weight is 374 g/mol. The number of ether oxygens (including phenoxy) is 1. The fourth-order valence-electron chi connectivity index (χ4n) is 3.34. The summed E-state index contributed by atoms with van der Waals surface area (Å²) in [5.74, 6) is -0.246. The van der Waals surface area contributed by atoms with Crippen molar-refractivity contribution >= 4 is 17.5 Å². The highest BCUT2D eigenvalue weighted by Crippen LogP contribution is 2.38. The van der Waals surface area contributed by atoms with Crippen LogP contribution in [0.15, 0.2) is 61.2 Å². The lowest BCUT2D eigenvalue weighted by atomic mass is 10.1. The standard InChI is InChI=1S/C21H18N4O3/c22-20(26)14-10-15(12-24-11-14)28-19-5-4-16-17(19)2-1-3-18(16)25-21(27)13-6-8-23-9-7-13/h1-3,6-12,19H,4-5H2,(H2,22,26)(H,25,27)/t19-/m1/s1. The lowest BCUT2D eigenvalue weighted by Gasteiger charge is -2.16. The summed E-state index contributed by atoms with van der Waals surface area (Å²) >= 11 is 0. The van der Waals surface area contributed by atoms with Crippen molar-refractivity contribution in [1.82, 2.24) is 9.97 Å². The highest BCUT2D eigenvalue weighted by Gasteiger charge is 2.27. The Kier molecular flexibility index (Phi) is 4.72. The first-order valence-electron chi connectivity index (χ1n) is 8.86. The van der Waals surface area contributed by atoms with Crippen LogP contribution in [-0.2, 0) is 6.42 Å². The lowest BCUT2D eigenvalue weighted by Crippen LogP contribution is -2.13. The van der Waals surface area contributed by atoms with E-state index in [1.807, 2.05) is 18.2 Å². The molecule has 1 aliphatic carbocycles. The fourth-order valence-corrected chi connectivity index (χ4v) is 3.34. The zero-order chi connectivity index (χ0) is 19.5. The molecule has 0 fully saturated rings. The summed E-state index contributed by atoms with van der Waals surface area (Å²) in [7, 11) is 0. The van der Waals surface area contributed by atoms with Gasteiger partial charge in [-0.2, -0.15) is 0 Å². The smallest absolute Gasteiger partial charge is 0.255 e. The predicted octanol–water partition coefficient (Wildman–Crippen LogP) is 2.89. The first-order valence-corrected chi connectivity index (χ1v) is 8.86. The van der Waals surface area contributed by atoms with Crippen molar-refractivity contribution in [2.45, 2.75) is 18.9 Å². The number of amides is 2. The third-order valence-corrected chi connectivity index (χ3v) is 4.68. The van der Waals surface area contributed by atoms with E-state index in [1.165, 1.54) is 6.20 Å². The third-order valence-electron chi connectivity index (χ3n) is 4.68. The topological polar surface area (TPSA) is 107 Å². The summed E-state index contributed by atoms with van der Waals surface area (Å²) in [5, 5.41) is 2.97. The summed E-state index contributed by atoms with van der Waals surface area (Å²) in [5.41, 5.74) is 8.99. The number of rotatable bonds is 5. The molecule has 1 atom stereocenters. The van der Waals surface area contributed by atoms with E-state index < -0.39 is 5.91 Å². The van der Waals surface area contributed by atoms with E-state index in [0.29, 0.717) is 16.9 Å². The molecule has 0 saturated heterocycles. The number of primary amides is 1. The zero-order valence-corrected chi connectivity index (χ0v) is 15.0. The van der Waals surface area contributed by atoms with Crippen LogP contribution in [0.5, 0.6) is 5.75 Å². The molecule has 0 aliphatic heterocycles. The van der Waals surface area contributed by atoms with Crippen molar-refractivity contribution in [3.63, 3.8) is 0 Å². The molecular formula is C21H18N4O3. The Morgan fingerprint density at radius 2 is 1.89 bits per heavy atom. The number of pyridine rings is 2. The van der Waals surface area contributed by atoms with Crippen molar-refractivity contribution in [1.29, 1.82) is 0 Å². The van der Waals surface area contributed by atoms with Gasteiger partial charge in [-0.25, -0.2) is 0 Å². The quantitative estimate of drug-likeness (QED) is 0.714. The minimum atomic E-state index is -0.550. The summed E-state index contributed by atoms with van der Waals surface area (Å²) in [4.78, 5) is 31.7. The van der Waals surface area contributed by atoms with Crippen LogP contribution < -0.4 is 15.8 Å². The number of hydrogen-bond donors (Lipinski definition) is 2. The minimum Gasteiger partial charge on any atom is -0.484 e. The monoisotopic (exact) mass is 374 g/mol. The van der Waals surface area contributed by atoms with Gasteiger partial charge in [0.25, 0.3) is 5.91 Å². The van der Waals surface area contributed by atoms with Crippen LogP contribution in [0.25, 0.3) is 0 Å². The van der Waals surface area contributed by atoms with E-state index >= 15 is 0 Å². The van der Waals surface area contributed by atoms with Gasteiger partial charge in [-0.15, -0.1) is 0 Å². The number of nitrogens with one attached hydrogen (secondary N) is 1. The molecule has 140 valence electrons. The molecule has 1 aliphatic rings. The zero-order valence-electron chi connectivity index (χ0n) is 15.0. The van der Waals surface area contributed by atoms with E-state index in [4.69, 9.17) is 10.5 Å². The molecule has 4 rings (SSSR count). The SMILES string of the molecule is NC(=O)c1cncc(O[C@@H]2CCc3c(NC(=O)c4ccncc4)cccc32)c1. The number of nitrogens with two attached hydrogens (primary N) is 1. The van der Waals surface area contributed by atoms with E-state index in [0.717, 1.165) is 29.7 Å². The maximum absolute atomic E-state index is 12.5. The molecule has 1 aromatic carbocycles. The molecule has 7 heteroatoms. The van der Waals surface area contributed by atoms with Crippen molar-refractivity contribution in [3.8, 4) is 5.75 Å². The van der Waals surface area contributed by atoms with Gasteiger partial charge >= 0.3 is 0 Å². The highest BCUT2D eigenvalue weighted by atomic mass is 16.5. The van der Waals surface area contributed by atoms with Gasteiger partial charge in [0, 0.05) is 29.8 Å². The van der Waals surface area contributed by atoms with Gasteiger partial charge in [0.15, 0.2) is 0 Å². The molecule has 0 bridgehead atoms. The summed E-state index contributed by atoms with van der Waals surface area (Å²) in [6.45, 7) is 0. The van der Waals surface area contributed by atoms with Gasteiger partial charge in [-0.05, 0) is 48.2 Å². The molecule has 3 aromatic rings. The summed E-state index contributed by atoms with van der Waals surface area (Å²) in [6, 6.07) is 10.7. The van der Waals surface area contributed by atoms with Crippen molar-refractivity contribution in [3.05, 3.63) is 83.4 Å². The van der Waals surface area contributed by atoms with Gasteiger partial charge in [-0.1, -0.05) is 12.1 Å².